The Morgan fingerprint density at radius 2 is 1.86 bits per heavy atom. The first-order valence-corrected chi connectivity index (χ1v) is 10.2. The number of rotatable bonds is 4. The van der Waals surface area contributed by atoms with Crippen molar-refractivity contribution in [2.45, 2.75) is 31.1 Å². The number of nitrogens with one attached hydrogen (secondary N) is 1. The van der Waals surface area contributed by atoms with Crippen LogP contribution in [0.4, 0.5) is 0 Å². The van der Waals surface area contributed by atoms with Crippen molar-refractivity contribution in [2.24, 2.45) is 0 Å². The number of carbonyl (C=O) groups is 1. The number of amides is 1. The minimum Gasteiger partial charge on any atom is -0.393 e. The molecule has 4 rings (SSSR count). The molecule has 2 saturated heterocycles. The maximum atomic E-state index is 13.3. The number of likely N-dealkylation sites (tertiary alicyclic amines) is 1. The highest BCUT2D eigenvalue weighted by molar-refractivity contribution is 5.94. The number of aliphatic hydroxyl groups is 1. The number of aliphatic hydroxyl groups excluding tert-OH is 1. The summed E-state index contributed by atoms with van der Waals surface area (Å²) in [5.41, 5.74) is 1.27. The van der Waals surface area contributed by atoms with Gasteiger partial charge in [-0.15, -0.1) is 0 Å². The summed E-state index contributed by atoms with van der Waals surface area (Å²) in [6.07, 6.45) is 2.63. The van der Waals surface area contributed by atoms with Crippen LogP contribution in [0.2, 0.25) is 0 Å². The Morgan fingerprint density at radius 1 is 1.10 bits per heavy atom. The van der Waals surface area contributed by atoms with E-state index in [9.17, 15) is 14.7 Å². The number of H-pyrrole nitrogens is 1. The standard InChI is InChI=1S/C22H27N3O4/c26-18-8-10-24(11-9-18)15-19-21(16-4-2-1-3-5-16)25(12-13-29-19)22(28)17-6-7-20(27)23-14-17/h1-7,14,18-19,21,26H,8-13,15H2,(H,23,27)/t19-,21-/m0/s1. The molecule has 154 valence electrons. The number of ether oxygens (including phenoxy) is 1. The van der Waals surface area contributed by atoms with E-state index >= 15 is 0 Å². The molecule has 0 unspecified atom stereocenters. The van der Waals surface area contributed by atoms with Crippen molar-refractivity contribution in [1.29, 1.82) is 0 Å². The SMILES string of the molecule is O=C(c1ccc(=O)[nH]c1)N1CCO[C@@H](CN2CCC(O)CC2)[C@@H]1c1ccccc1. The summed E-state index contributed by atoms with van der Waals surface area (Å²) in [5.74, 6) is -0.113. The zero-order valence-electron chi connectivity index (χ0n) is 16.4. The zero-order valence-corrected chi connectivity index (χ0v) is 16.4. The topological polar surface area (TPSA) is 85.9 Å². The normalized spacial score (nSPS) is 23.8. The lowest BCUT2D eigenvalue weighted by atomic mass is 9.96. The van der Waals surface area contributed by atoms with Gasteiger partial charge in [0.1, 0.15) is 0 Å². The van der Waals surface area contributed by atoms with Gasteiger partial charge in [0.05, 0.1) is 30.4 Å². The molecule has 0 spiro atoms. The van der Waals surface area contributed by atoms with Crippen molar-refractivity contribution in [1.82, 2.24) is 14.8 Å². The molecule has 0 bridgehead atoms. The monoisotopic (exact) mass is 397 g/mol. The Hall–Kier alpha value is -2.48. The Bertz CT molecular complexity index is 857. The smallest absolute Gasteiger partial charge is 0.256 e. The van der Waals surface area contributed by atoms with E-state index in [-0.39, 0.29) is 29.7 Å². The molecule has 2 N–H and O–H groups in total. The third-order valence-corrected chi connectivity index (χ3v) is 5.78. The number of aromatic amines is 1. The fraction of sp³-hybridized carbons (Fsp3) is 0.455. The quantitative estimate of drug-likeness (QED) is 0.815. The minimum absolute atomic E-state index is 0.113. The molecule has 1 aromatic carbocycles. The van der Waals surface area contributed by atoms with Crippen molar-refractivity contribution >= 4 is 5.91 Å². The number of hydrogen-bond acceptors (Lipinski definition) is 5. The molecule has 2 aromatic rings. The van der Waals surface area contributed by atoms with Crippen LogP contribution < -0.4 is 5.56 Å². The van der Waals surface area contributed by atoms with E-state index in [1.807, 2.05) is 35.2 Å². The van der Waals surface area contributed by atoms with Crippen LogP contribution in [0, 0.1) is 0 Å². The number of morpholine rings is 1. The predicted octanol–water partition coefficient (Wildman–Crippen LogP) is 1.41. The molecule has 0 saturated carbocycles. The maximum Gasteiger partial charge on any atom is 0.256 e. The Labute approximate surface area is 169 Å². The molecule has 1 aromatic heterocycles. The fourth-order valence-corrected chi connectivity index (χ4v) is 4.22. The maximum absolute atomic E-state index is 13.3. The van der Waals surface area contributed by atoms with Gasteiger partial charge in [0.15, 0.2) is 0 Å². The predicted molar refractivity (Wildman–Crippen MR) is 109 cm³/mol. The first-order valence-electron chi connectivity index (χ1n) is 10.2. The van der Waals surface area contributed by atoms with E-state index in [2.05, 4.69) is 9.88 Å². The van der Waals surface area contributed by atoms with Gasteiger partial charge < -0.3 is 24.6 Å². The lowest BCUT2D eigenvalue weighted by molar-refractivity contribution is -0.0770. The molecule has 7 heteroatoms. The minimum atomic E-state index is -0.228. The average molecular weight is 397 g/mol. The molecule has 3 heterocycles. The number of pyridine rings is 1. The van der Waals surface area contributed by atoms with Crippen molar-refractivity contribution < 1.29 is 14.6 Å². The summed E-state index contributed by atoms with van der Waals surface area (Å²) in [4.78, 5) is 31.4. The zero-order chi connectivity index (χ0) is 20.2. The molecule has 29 heavy (non-hydrogen) atoms. The van der Waals surface area contributed by atoms with Gasteiger partial charge >= 0.3 is 0 Å². The molecule has 2 fully saturated rings. The molecular formula is C22H27N3O4. The van der Waals surface area contributed by atoms with Gasteiger partial charge in [-0.3, -0.25) is 9.59 Å². The number of benzene rings is 1. The van der Waals surface area contributed by atoms with Crippen molar-refractivity contribution in [3.63, 3.8) is 0 Å². The molecule has 2 atom stereocenters. The van der Waals surface area contributed by atoms with E-state index < -0.39 is 0 Å². The third kappa shape index (κ3) is 4.58. The van der Waals surface area contributed by atoms with Gasteiger partial charge in [-0.25, -0.2) is 0 Å². The largest absolute Gasteiger partial charge is 0.393 e. The lowest BCUT2D eigenvalue weighted by Gasteiger charge is -2.44. The van der Waals surface area contributed by atoms with Crippen LogP contribution in [0.5, 0.6) is 0 Å². The fourth-order valence-electron chi connectivity index (χ4n) is 4.22. The number of hydrogen-bond donors (Lipinski definition) is 2. The summed E-state index contributed by atoms with van der Waals surface area (Å²) in [5, 5.41) is 9.79. The van der Waals surface area contributed by atoms with Crippen LogP contribution in [0.1, 0.15) is 34.8 Å². The van der Waals surface area contributed by atoms with Gasteiger partial charge in [0, 0.05) is 38.4 Å². The summed E-state index contributed by atoms with van der Waals surface area (Å²) in [6.45, 7) is 3.33. The van der Waals surface area contributed by atoms with E-state index in [4.69, 9.17) is 4.74 Å². The Morgan fingerprint density at radius 3 is 2.55 bits per heavy atom. The number of carbonyl (C=O) groups excluding carboxylic acids is 1. The molecule has 2 aliphatic heterocycles. The number of nitrogens with zero attached hydrogens (tertiary/aromatic N) is 2. The van der Waals surface area contributed by atoms with Crippen LogP contribution >= 0.6 is 0 Å². The van der Waals surface area contributed by atoms with E-state index in [0.717, 1.165) is 31.5 Å². The van der Waals surface area contributed by atoms with Gasteiger partial charge in [0.2, 0.25) is 5.56 Å². The van der Waals surface area contributed by atoms with Crippen molar-refractivity contribution in [3.8, 4) is 0 Å². The molecular weight excluding hydrogens is 370 g/mol. The van der Waals surface area contributed by atoms with Crippen LogP contribution in [0.15, 0.2) is 53.5 Å². The van der Waals surface area contributed by atoms with E-state index in [1.165, 1.54) is 12.3 Å². The lowest BCUT2D eigenvalue weighted by Crippen LogP contribution is -2.52. The molecule has 2 aliphatic rings. The van der Waals surface area contributed by atoms with E-state index in [0.29, 0.717) is 25.3 Å². The average Bonchev–Trinajstić information content (AvgIpc) is 2.76. The summed E-state index contributed by atoms with van der Waals surface area (Å²) >= 11 is 0. The van der Waals surface area contributed by atoms with Crippen LogP contribution in [0.25, 0.3) is 0 Å². The Balaban J connectivity index is 1.60. The third-order valence-electron chi connectivity index (χ3n) is 5.78. The van der Waals surface area contributed by atoms with Gasteiger partial charge in [0.25, 0.3) is 5.91 Å². The van der Waals surface area contributed by atoms with Crippen LogP contribution in [-0.4, -0.2) is 70.8 Å². The Kier molecular flexibility index (Phi) is 6.08. The van der Waals surface area contributed by atoms with Crippen molar-refractivity contribution in [2.75, 3.05) is 32.8 Å². The van der Waals surface area contributed by atoms with Crippen LogP contribution in [-0.2, 0) is 4.74 Å². The van der Waals surface area contributed by atoms with E-state index in [1.54, 1.807) is 6.07 Å². The number of aromatic nitrogens is 1. The molecule has 0 radical (unpaired) electrons. The number of piperidine rings is 1. The first-order chi connectivity index (χ1) is 14.1. The second kappa shape index (κ2) is 8.90. The summed E-state index contributed by atoms with van der Waals surface area (Å²) < 4.78 is 6.15. The molecule has 7 nitrogen and oxygen atoms in total. The molecule has 0 aliphatic carbocycles. The first kappa shape index (κ1) is 19.8. The highest BCUT2D eigenvalue weighted by atomic mass is 16.5. The van der Waals surface area contributed by atoms with Gasteiger partial charge in [-0.05, 0) is 24.5 Å². The summed E-state index contributed by atoms with van der Waals surface area (Å²) in [6, 6.07) is 12.7. The highest BCUT2D eigenvalue weighted by Crippen LogP contribution is 2.32. The van der Waals surface area contributed by atoms with Crippen molar-refractivity contribution in [3.05, 3.63) is 70.1 Å². The second-order valence-corrected chi connectivity index (χ2v) is 7.74. The summed E-state index contributed by atoms with van der Waals surface area (Å²) in [7, 11) is 0. The second-order valence-electron chi connectivity index (χ2n) is 7.74. The highest BCUT2D eigenvalue weighted by Gasteiger charge is 2.38. The van der Waals surface area contributed by atoms with Gasteiger partial charge in [-0.2, -0.15) is 0 Å². The van der Waals surface area contributed by atoms with Crippen LogP contribution in [0.3, 0.4) is 0 Å². The van der Waals surface area contributed by atoms with Gasteiger partial charge in [-0.1, -0.05) is 30.3 Å². The molecule has 1 amide bonds.